The van der Waals surface area contributed by atoms with E-state index in [0.29, 0.717) is 46.8 Å². The predicted molar refractivity (Wildman–Crippen MR) is 138 cm³/mol. The number of ether oxygens (including phenoxy) is 1. The van der Waals surface area contributed by atoms with Crippen LogP contribution < -0.4 is 15.0 Å². The number of nitrogens with one attached hydrogen (secondary N) is 1. The molecule has 0 spiro atoms. The van der Waals surface area contributed by atoms with Gasteiger partial charge in [-0.1, -0.05) is 29.8 Å². The highest BCUT2D eigenvalue weighted by Gasteiger charge is 2.49. The molecule has 37 heavy (non-hydrogen) atoms. The van der Waals surface area contributed by atoms with Crippen molar-refractivity contribution in [2.75, 3.05) is 37.7 Å². The van der Waals surface area contributed by atoms with Crippen LogP contribution >= 0.6 is 11.6 Å². The summed E-state index contributed by atoms with van der Waals surface area (Å²) in [5.74, 6) is 0.0774. The van der Waals surface area contributed by atoms with E-state index >= 15 is 4.39 Å². The molecule has 6 heterocycles. The number of aromatic nitrogens is 3. The number of hydrogen-bond donors (Lipinski definition) is 1. The average Bonchev–Trinajstić information content (AvgIpc) is 3.54. The number of anilines is 1. The van der Waals surface area contributed by atoms with E-state index in [2.05, 4.69) is 25.1 Å². The number of rotatable bonds is 5. The Labute approximate surface area is 219 Å². The molecule has 4 aliphatic heterocycles. The first-order chi connectivity index (χ1) is 18.0. The maximum atomic E-state index is 16.1. The smallest absolute Gasteiger partial charge is 0.319 e. The highest BCUT2D eigenvalue weighted by atomic mass is 35.5. The Kier molecular flexibility index (Phi) is 5.71. The van der Waals surface area contributed by atoms with E-state index in [-0.39, 0.29) is 29.4 Å². The minimum atomic E-state index is -0.852. The number of hydrogen-bond acceptors (Lipinski definition) is 7. The fourth-order valence-corrected chi connectivity index (χ4v) is 7.01. The van der Waals surface area contributed by atoms with Crippen molar-refractivity contribution in [3.05, 3.63) is 41.3 Å². The van der Waals surface area contributed by atoms with E-state index in [1.165, 1.54) is 0 Å². The van der Waals surface area contributed by atoms with Crippen LogP contribution in [0.3, 0.4) is 0 Å². The van der Waals surface area contributed by atoms with Gasteiger partial charge < -0.3 is 15.0 Å². The molecule has 0 saturated carbocycles. The molecule has 0 amide bonds. The fourth-order valence-electron chi connectivity index (χ4n) is 6.79. The number of benzene rings is 1. The van der Waals surface area contributed by atoms with Crippen molar-refractivity contribution in [2.45, 2.75) is 55.9 Å². The molecule has 7 rings (SSSR count). The Morgan fingerprint density at radius 1 is 1.14 bits per heavy atom. The van der Waals surface area contributed by atoms with Gasteiger partial charge in [-0.15, -0.1) is 0 Å². The van der Waals surface area contributed by atoms with Crippen LogP contribution in [0.1, 0.15) is 32.1 Å². The average molecular weight is 527 g/mol. The van der Waals surface area contributed by atoms with Crippen LogP contribution in [0.15, 0.2) is 30.5 Å². The third-order valence-corrected chi connectivity index (χ3v) is 8.85. The molecule has 2 aromatic heterocycles. The standard InChI is InChI=1S/C27H29ClF2N6O/c28-21-5-2-1-4-19(21)23-22(30)24-20(11-31-23)25(35-13-17-6-7-18(14-35)32-17)34-26(33-24)37-15-27-8-3-9-36(27)12-16(29)10-27/h1-2,4-5,11,16-18,32H,3,6-10,12-15H2/t16-,17?,18?,27+/m1/s1. The van der Waals surface area contributed by atoms with Crippen molar-refractivity contribution < 1.29 is 13.5 Å². The number of pyridine rings is 1. The summed E-state index contributed by atoms with van der Waals surface area (Å²) in [5, 5.41) is 4.60. The van der Waals surface area contributed by atoms with Crippen molar-refractivity contribution in [3.8, 4) is 17.3 Å². The van der Waals surface area contributed by atoms with Crippen LogP contribution in [0.2, 0.25) is 5.02 Å². The van der Waals surface area contributed by atoms with E-state index in [9.17, 15) is 4.39 Å². The highest BCUT2D eigenvalue weighted by molar-refractivity contribution is 6.33. The summed E-state index contributed by atoms with van der Waals surface area (Å²) < 4.78 is 36.6. The lowest BCUT2D eigenvalue weighted by Crippen LogP contribution is -2.51. The molecule has 0 aliphatic carbocycles. The zero-order valence-electron chi connectivity index (χ0n) is 20.5. The first-order valence-corrected chi connectivity index (χ1v) is 13.5. The Bertz CT molecular complexity index is 1350. The third-order valence-electron chi connectivity index (χ3n) is 8.52. The molecule has 1 N–H and O–H groups in total. The molecule has 0 radical (unpaired) electrons. The SMILES string of the molecule is Fc1c(-c2ccccc2Cl)ncc2c(N3CC4CCC(C3)N4)nc(OC[C@@]34CCCN3C[C@H](F)C4)nc12. The zero-order chi connectivity index (χ0) is 25.1. The second kappa shape index (κ2) is 8.99. The molecular formula is C27H29ClF2N6O. The van der Waals surface area contributed by atoms with Crippen molar-refractivity contribution >= 4 is 28.3 Å². The number of alkyl halides is 1. The first-order valence-electron chi connectivity index (χ1n) is 13.1. The molecule has 2 unspecified atom stereocenters. The fraction of sp³-hybridized carbons (Fsp3) is 0.519. The van der Waals surface area contributed by atoms with Gasteiger partial charge in [-0.2, -0.15) is 9.97 Å². The van der Waals surface area contributed by atoms with E-state index in [1.807, 2.05) is 0 Å². The molecule has 4 aliphatic rings. The largest absolute Gasteiger partial charge is 0.461 e. The molecule has 1 aromatic carbocycles. The van der Waals surface area contributed by atoms with Gasteiger partial charge >= 0.3 is 6.01 Å². The van der Waals surface area contributed by atoms with Crippen LogP contribution in [0.4, 0.5) is 14.6 Å². The monoisotopic (exact) mass is 526 g/mol. The van der Waals surface area contributed by atoms with Gasteiger partial charge in [0, 0.05) is 49.9 Å². The molecule has 4 atom stereocenters. The van der Waals surface area contributed by atoms with Gasteiger partial charge in [0.25, 0.3) is 0 Å². The Balaban J connectivity index is 1.30. The second-order valence-corrected chi connectivity index (χ2v) is 11.3. The van der Waals surface area contributed by atoms with Crippen LogP contribution in [0.25, 0.3) is 22.2 Å². The van der Waals surface area contributed by atoms with Crippen molar-refractivity contribution in [2.24, 2.45) is 0 Å². The lowest BCUT2D eigenvalue weighted by Gasteiger charge is -2.34. The summed E-state index contributed by atoms with van der Waals surface area (Å²) >= 11 is 6.38. The van der Waals surface area contributed by atoms with Crippen LogP contribution in [0, 0.1) is 5.82 Å². The van der Waals surface area contributed by atoms with Crippen LogP contribution in [0.5, 0.6) is 6.01 Å². The topological polar surface area (TPSA) is 66.4 Å². The van der Waals surface area contributed by atoms with Gasteiger partial charge in [0.2, 0.25) is 0 Å². The van der Waals surface area contributed by atoms with Gasteiger partial charge in [0.05, 0.1) is 15.9 Å². The summed E-state index contributed by atoms with van der Waals surface area (Å²) in [6.45, 7) is 3.15. The van der Waals surface area contributed by atoms with E-state index in [0.717, 1.165) is 45.3 Å². The number of nitrogens with zero attached hydrogens (tertiary/aromatic N) is 5. The molecular weight excluding hydrogens is 498 g/mol. The minimum absolute atomic E-state index is 0.118. The molecule has 3 aromatic rings. The van der Waals surface area contributed by atoms with Gasteiger partial charge in [-0.05, 0) is 38.3 Å². The van der Waals surface area contributed by atoms with Crippen molar-refractivity contribution in [3.63, 3.8) is 0 Å². The Morgan fingerprint density at radius 3 is 2.76 bits per heavy atom. The summed E-state index contributed by atoms with van der Waals surface area (Å²) in [5.41, 5.74) is 0.467. The summed E-state index contributed by atoms with van der Waals surface area (Å²) in [6, 6.07) is 7.92. The third kappa shape index (κ3) is 4.02. The van der Waals surface area contributed by atoms with Crippen molar-refractivity contribution in [1.82, 2.24) is 25.2 Å². The number of piperazine rings is 1. The Hall–Kier alpha value is -2.62. The number of fused-ring (bicyclic) bond motifs is 4. The molecule has 4 saturated heterocycles. The van der Waals surface area contributed by atoms with Crippen LogP contribution in [-0.2, 0) is 0 Å². The minimum Gasteiger partial charge on any atom is -0.461 e. The van der Waals surface area contributed by atoms with Gasteiger partial charge in [0.1, 0.15) is 29.8 Å². The van der Waals surface area contributed by atoms with E-state index < -0.39 is 12.0 Å². The van der Waals surface area contributed by atoms with Gasteiger partial charge in [-0.25, -0.2) is 8.78 Å². The maximum absolute atomic E-state index is 16.1. The molecule has 4 fully saturated rings. The zero-order valence-corrected chi connectivity index (χ0v) is 21.2. The highest BCUT2D eigenvalue weighted by Crippen LogP contribution is 2.41. The Morgan fingerprint density at radius 2 is 1.95 bits per heavy atom. The maximum Gasteiger partial charge on any atom is 0.319 e. The lowest BCUT2D eigenvalue weighted by molar-refractivity contribution is 0.107. The van der Waals surface area contributed by atoms with Crippen LogP contribution in [-0.4, -0.2) is 76.4 Å². The summed E-state index contributed by atoms with van der Waals surface area (Å²) in [4.78, 5) is 18.2. The van der Waals surface area contributed by atoms with Crippen molar-refractivity contribution in [1.29, 1.82) is 0 Å². The second-order valence-electron chi connectivity index (χ2n) is 10.9. The normalized spacial score (nSPS) is 29.3. The lowest BCUT2D eigenvalue weighted by atomic mass is 9.95. The molecule has 194 valence electrons. The summed E-state index contributed by atoms with van der Waals surface area (Å²) in [7, 11) is 0. The van der Waals surface area contributed by atoms with Gasteiger partial charge in [0.15, 0.2) is 5.82 Å². The quantitative estimate of drug-likeness (QED) is 0.529. The first kappa shape index (κ1) is 23.5. The van der Waals surface area contributed by atoms with E-state index in [1.54, 1.807) is 30.5 Å². The molecule has 7 nitrogen and oxygen atoms in total. The molecule has 2 bridgehead atoms. The molecule has 10 heteroatoms. The predicted octanol–water partition coefficient (Wildman–Crippen LogP) is 4.38. The van der Waals surface area contributed by atoms with Gasteiger partial charge in [-0.3, -0.25) is 9.88 Å². The summed E-state index contributed by atoms with van der Waals surface area (Å²) in [6.07, 6.45) is 5.36. The van der Waals surface area contributed by atoms with E-state index in [4.69, 9.17) is 21.3 Å². The number of halogens is 3.